The average molecular weight is 517 g/mol. The molecule has 0 fully saturated rings. The lowest BCUT2D eigenvalue weighted by Crippen LogP contribution is -2.20. The Balaban J connectivity index is 1.67. The maximum absolute atomic E-state index is 6.46. The van der Waals surface area contributed by atoms with Crippen LogP contribution in [0, 0.1) is 27.7 Å². The van der Waals surface area contributed by atoms with Gasteiger partial charge in [0.2, 0.25) is 0 Å². The van der Waals surface area contributed by atoms with Crippen molar-refractivity contribution in [3.8, 4) is 23.0 Å². The summed E-state index contributed by atoms with van der Waals surface area (Å²) in [5.41, 5.74) is 8.98. The van der Waals surface area contributed by atoms with E-state index in [2.05, 4.69) is 90.1 Å². The number of aryl methyl sites for hydroxylation is 4. The van der Waals surface area contributed by atoms with Crippen LogP contribution in [0.2, 0.25) is 0 Å². The molecule has 0 radical (unpaired) electrons. The first kappa shape index (κ1) is 28.0. The SMILES string of the molecule is CC=Cc1ccccc1Oc1c(C)cc(C(C)(C)c2cc(C)c(Oc3ccccc3C=CC)c(C)c2)cc1C. The molecular formula is C37H40O2. The Morgan fingerprint density at radius 3 is 1.21 bits per heavy atom. The standard InChI is InChI=1S/C37H40O2/c1-9-15-29-17-11-13-19-33(29)38-35-25(3)21-31(22-26(35)4)37(7,8)32-23-27(5)36(28(6)24-32)39-34-20-14-12-18-30(34)16-10-2/h9-24H,1-8H3. The molecule has 0 bridgehead atoms. The lowest BCUT2D eigenvalue weighted by atomic mass is 9.76. The van der Waals surface area contributed by atoms with Gasteiger partial charge in [-0.25, -0.2) is 0 Å². The maximum Gasteiger partial charge on any atom is 0.134 e. The van der Waals surface area contributed by atoms with Crippen LogP contribution in [0.4, 0.5) is 0 Å². The molecule has 2 heteroatoms. The van der Waals surface area contributed by atoms with Crippen molar-refractivity contribution in [3.63, 3.8) is 0 Å². The van der Waals surface area contributed by atoms with Crippen molar-refractivity contribution in [3.05, 3.63) is 129 Å². The topological polar surface area (TPSA) is 18.5 Å². The second-order valence-corrected chi connectivity index (χ2v) is 10.8. The summed E-state index contributed by atoms with van der Waals surface area (Å²) in [5, 5.41) is 0. The van der Waals surface area contributed by atoms with Crippen molar-refractivity contribution in [2.45, 2.75) is 60.8 Å². The number of hydrogen-bond acceptors (Lipinski definition) is 2. The third kappa shape index (κ3) is 6.01. The molecule has 0 saturated heterocycles. The van der Waals surface area contributed by atoms with E-state index in [4.69, 9.17) is 9.47 Å². The van der Waals surface area contributed by atoms with Gasteiger partial charge >= 0.3 is 0 Å². The van der Waals surface area contributed by atoms with E-state index < -0.39 is 0 Å². The largest absolute Gasteiger partial charge is 0.456 e. The van der Waals surface area contributed by atoms with Crippen LogP contribution in [0.1, 0.15) is 72.2 Å². The van der Waals surface area contributed by atoms with E-state index in [9.17, 15) is 0 Å². The van der Waals surface area contributed by atoms with E-state index in [-0.39, 0.29) is 5.41 Å². The Bertz CT molecular complexity index is 1370. The number of rotatable bonds is 8. The van der Waals surface area contributed by atoms with Gasteiger partial charge in [-0.15, -0.1) is 0 Å². The summed E-state index contributed by atoms with van der Waals surface area (Å²) in [6.45, 7) is 17.2. The van der Waals surface area contributed by atoms with Crippen LogP contribution in [-0.4, -0.2) is 0 Å². The first-order valence-corrected chi connectivity index (χ1v) is 13.7. The molecule has 0 saturated carbocycles. The van der Waals surface area contributed by atoms with E-state index in [1.54, 1.807) is 0 Å². The monoisotopic (exact) mass is 516 g/mol. The van der Waals surface area contributed by atoms with Crippen LogP contribution in [0.25, 0.3) is 12.2 Å². The van der Waals surface area contributed by atoms with Crippen LogP contribution in [0.15, 0.2) is 84.9 Å². The predicted octanol–water partition coefficient (Wildman–Crippen LogP) is 10.9. The number of benzene rings is 4. The Kier molecular flexibility index (Phi) is 8.45. The van der Waals surface area contributed by atoms with E-state index in [1.807, 2.05) is 62.4 Å². The fraction of sp³-hybridized carbons (Fsp3) is 0.243. The van der Waals surface area contributed by atoms with Gasteiger partial charge in [0, 0.05) is 16.5 Å². The Morgan fingerprint density at radius 2 is 0.872 bits per heavy atom. The smallest absolute Gasteiger partial charge is 0.134 e. The minimum Gasteiger partial charge on any atom is -0.456 e. The predicted molar refractivity (Wildman–Crippen MR) is 166 cm³/mol. The van der Waals surface area contributed by atoms with Crippen molar-refractivity contribution in [1.29, 1.82) is 0 Å². The molecule has 0 aromatic heterocycles. The first-order valence-electron chi connectivity index (χ1n) is 13.7. The highest BCUT2D eigenvalue weighted by Gasteiger charge is 2.26. The third-order valence-corrected chi connectivity index (χ3v) is 7.32. The lowest BCUT2D eigenvalue weighted by Gasteiger charge is -2.29. The van der Waals surface area contributed by atoms with Gasteiger partial charge in [0.15, 0.2) is 0 Å². The summed E-state index contributed by atoms with van der Waals surface area (Å²) in [7, 11) is 0. The molecule has 39 heavy (non-hydrogen) atoms. The van der Waals surface area contributed by atoms with Gasteiger partial charge in [0.25, 0.3) is 0 Å². The zero-order chi connectivity index (χ0) is 28.2. The molecule has 0 aliphatic heterocycles. The number of para-hydroxylation sites is 2. The lowest BCUT2D eigenvalue weighted by molar-refractivity contribution is 0.472. The quantitative estimate of drug-likeness (QED) is 0.232. The van der Waals surface area contributed by atoms with Gasteiger partial charge in [-0.2, -0.15) is 0 Å². The van der Waals surface area contributed by atoms with E-state index in [0.29, 0.717) is 0 Å². The summed E-state index contributed by atoms with van der Waals surface area (Å²) in [5.74, 6) is 3.57. The zero-order valence-electron chi connectivity index (χ0n) is 24.6. The van der Waals surface area contributed by atoms with Crippen LogP contribution in [-0.2, 0) is 5.41 Å². The molecule has 4 aromatic carbocycles. The van der Waals surface area contributed by atoms with Crippen molar-refractivity contribution in [2.75, 3.05) is 0 Å². The average Bonchev–Trinajstić information content (AvgIpc) is 2.90. The maximum atomic E-state index is 6.46. The Hall–Kier alpha value is -4.04. The number of ether oxygens (including phenoxy) is 2. The normalized spacial score (nSPS) is 11.9. The summed E-state index contributed by atoms with van der Waals surface area (Å²) in [6.07, 6.45) is 8.23. The van der Waals surface area contributed by atoms with Crippen LogP contribution in [0.5, 0.6) is 23.0 Å². The minimum absolute atomic E-state index is 0.201. The van der Waals surface area contributed by atoms with E-state index in [1.165, 1.54) is 11.1 Å². The number of allylic oxidation sites excluding steroid dienone is 2. The van der Waals surface area contributed by atoms with Gasteiger partial charge in [0.05, 0.1) is 0 Å². The van der Waals surface area contributed by atoms with Gasteiger partial charge in [0.1, 0.15) is 23.0 Å². The molecule has 0 unspecified atom stereocenters. The number of hydrogen-bond donors (Lipinski definition) is 0. The summed E-state index contributed by atoms with van der Waals surface area (Å²) in [6, 6.07) is 25.4. The molecular weight excluding hydrogens is 476 g/mol. The van der Waals surface area contributed by atoms with Gasteiger partial charge in [-0.3, -0.25) is 0 Å². The van der Waals surface area contributed by atoms with Crippen molar-refractivity contribution in [2.24, 2.45) is 0 Å². The highest BCUT2D eigenvalue weighted by atomic mass is 16.5. The second kappa shape index (κ2) is 11.8. The van der Waals surface area contributed by atoms with Gasteiger partial charge < -0.3 is 9.47 Å². The van der Waals surface area contributed by atoms with Crippen LogP contribution >= 0.6 is 0 Å². The highest BCUT2D eigenvalue weighted by Crippen LogP contribution is 2.41. The minimum atomic E-state index is -0.201. The molecule has 0 N–H and O–H groups in total. The molecule has 0 spiro atoms. The summed E-state index contributed by atoms with van der Waals surface area (Å²) < 4.78 is 12.9. The molecule has 4 rings (SSSR count). The van der Waals surface area contributed by atoms with E-state index in [0.717, 1.165) is 56.4 Å². The Labute approximate surface area is 234 Å². The van der Waals surface area contributed by atoms with Gasteiger partial charge in [-0.1, -0.05) is 98.8 Å². The van der Waals surface area contributed by atoms with Crippen molar-refractivity contribution < 1.29 is 9.47 Å². The summed E-state index contributed by atoms with van der Waals surface area (Å²) in [4.78, 5) is 0. The summed E-state index contributed by atoms with van der Waals surface area (Å²) >= 11 is 0. The molecule has 200 valence electrons. The zero-order valence-corrected chi connectivity index (χ0v) is 24.6. The van der Waals surface area contributed by atoms with E-state index >= 15 is 0 Å². The van der Waals surface area contributed by atoms with Crippen LogP contribution in [0.3, 0.4) is 0 Å². The van der Waals surface area contributed by atoms with Crippen molar-refractivity contribution >= 4 is 12.2 Å². The van der Waals surface area contributed by atoms with Crippen molar-refractivity contribution in [1.82, 2.24) is 0 Å². The fourth-order valence-corrected chi connectivity index (χ4v) is 5.11. The molecule has 0 amide bonds. The third-order valence-electron chi connectivity index (χ3n) is 7.32. The molecule has 4 aromatic rings. The first-order chi connectivity index (χ1) is 18.6. The molecule has 0 aliphatic rings. The second-order valence-electron chi connectivity index (χ2n) is 10.8. The molecule has 0 aliphatic carbocycles. The van der Waals surface area contributed by atoms with Gasteiger partial charge in [-0.05, 0) is 87.1 Å². The molecule has 2 nitrogen and oxygen atoms in total. The van der Waals surface area contributed by atoms with Crippen LogP contribution < -0.4 is 9.47 Å². The molecule has 0 heterocycles. The molecule has 0 atom stereocenters. The fourth-order valence-electron chi connectivity index (χ4n) is 5.11. The Morgan fingerprint density at radius 1 is 0.538 bits per heavy atom. The highest BCUT2D eigenvalue weighted by molar-refractivity contribution is 5.61.